The van der Waals surface area contributed by atoms with Crippen LogP contribution in [0.25, 0.3) is 0 Å². The maximum Gasteiger partial charge on any atom is 0.322 e. The Labute approximate surface area is 96.4 Å². The van der Waals surface area contributed by atoms with E-state index >= 15 is 0 Å². The van der Waals surface area contributed by atoms with Gasteiger partial charge in [-0.25, -0.2) is 13.2 Å². The SMILES string of the molecule is COC(=O)[C@@H](N)Cc1cc(F)ccc1C(F)F. The van der Waals surface area contributed by atoms with E-state index < -0.39 is 24.3 Å². The third-order valence-corrected chi connectivity index (χ3v) is 2.28. The summed E-state index contributed by atoms with van der Waals surface area (Å²) in [5, 5.41) is 0. The third-order valence-electron chi connectivity index (χ3n) is 2.28. The van der Waals surface area contributed by atoms with Gasteiger partial charge in [0.15, 0.2) is 0 Å². The van der Waals surface area contributed by atoms with E-state index in [2.05, 4.69) is 4.74 Å². The molecule has 0 spiro atoms. The van der Waals surface area contributed by atoms with Crippen LogP contribution in [0.4, 0.5) is 13.2 Å². The van der Waals surface area contributed by atoms with Gasteiger partial charge in [-0.2, -0.15) is 0 Å². The highest BCUT2D eigenvalue weighted by Crippen LogP contribution is 2.24. The molecule has 94 valence electrons. The molecule has 0 heterocycles. The van der Waals surface area contributed by atoms with Crippen molar-refractivity contribution in [1.82, 2.24) is 0 Å². The Bertz CT molecular complexity index is 410. The molecule has 1 rings (SSSR count). The van der Waals surface area contributed by atoms with Crippen molar-refractivity contribution in [1.29, 1.82) is 0 Å². The summed E-state index contributed by atoms with van der Waals surface area (Å²) < 4.78 is 42.5. The van der Waals surface area contributed by atoms with Gasteiger partial charge >= 0.3 is 5.97 Å². The average molecular weight is 247 g/mol. The van der Waals surface area contributed by atoms with Crippen molar-refractivity contribution in [2.45, 2.75) is 18.9 Å². The van der Waals surface area contributed by atoms with Crippen molar-refractivity contribution in [3.63, 3.8) is 0 Å². The van der Waals surface area contributed by atoms with Crippen molar-refractivity contribution in [3.05, 3.63) is 35.1 Å². The van der Waals surface area contributed by atoms with Crippen LogP contribution in [0.5, 0.6) is 0 Å². The predicted molar refractivity (Wildman–Crippen MR) is 55.1 cm³/mol. The molecule has 0 fully saturated rings. The minimum atomic E-state index is -2.74. The van der Waals surface area contributed by atoms with Crippen LogP contribution in [-0.4, -0.2) is 19.1 Å². The quantitative estimate of drug-likeness (QED) is 0.825. The minimum absolute atomic E-state index is 0.0119. The van der Waals surface area contributed by atoms with Gasteiger partial charge < -0.3 is 10.5 Å². The number of hydrogen-bond donors (Lipinski definition) is 1. The van der Waals surface area contributed by atoms with Gasteiger partial charge in [-0.15, -0.1) is 0 Å². The van der Waals surface area contributed by atoms with Gasteiger partial charge in [0.05, 0.1) is 7.11 Å². The number of rotatable bonds is 4. The first-order valence-corrected chi connectivity index (χ1v) is 4.85. The fourth-order valence-corrected chi connectivity index (χ4v) is 1.44. The first-order chi connectivity index (χ1) is 7.95. The number of hydrogen-bond acceptors (Lipinski definition) is 3. The van der Waals surface area contributed by atoms with Crippen LogP contribution in [0, 0.1) is 5.82 Å². The van der Waals surface area contributed by atoms with Crippen LogP contribution in [0.2, 0.25) is 0 Å². The maximum absolute atomic E-state index is 12.9. The van der Waals surface area contributed by atoms with Crippen LogP contribution < -0.4 is 5.73 Å². The van der Waals surface area contributed by atoms with E-state index in [0.717, 1.165) is 25.3 Å². The van der Waals surface area contributed by atoms with Gasteiger partial charge in [-0.1, -0.05) is 6.07 Å². The average Bonchev–Trinajstić information content (AvgIpc) is 2.27. The lowest BCUT2D eigenvalue weighted by Crippen LogP contribution is -2.34. The highest BCUT2D eigenvalue weighted by Gasteiger charge is 2.20. The Balaban J connectivity index is 2.96. The van der Waals surface area contributed by atoms with E-state index in [1.54, 1.807) is 0 Å². The Morgan fingerprint density at radius 2 is 2.12 bits per heavy atom. The lowest BCUT2D eigenvalue weighted by molar-refractivity contribution is -0.142. The number of halogens is 3. The number of esters is 1. The molecule has 0 radical (unpaired) electrons. The summed E-state index contributed by atoms with van der Waals surface area (Å²) in [6.07, 6.45) is -2.93. The number of carbonyl (C=O) groups is 1. The number of benzene rings is 1. The highest BCUT2D eigenvalue weighted by atomic mass is 19.3. The van der Waals surface area contributed by atoms with Crippen LogP contribution in [0.15, 0.2) is 18.2 Å². The smallest absolute Gasteiger partial charge is 0.322 e. The van der Waals surface area contributed by atoms with Crippen molar-refractivity contribution in [2.24, 2.45) is 5.73 Å². The molecular weight excluding hydrogens is 235 g/mol. The molecule has 3 nitrogen and oxygen atoms in total. The monoisotopic (exact) mass is 247 g/mol. The largest absolute Gasteiger partial charge is 0.468 e. The van der Waals surface area contributed by atoms with Gasteiger partial charge in [-0.3, -0.25) is 4.79 Å². The van der Waals surface area contributed by atoms with Gasteiger partial charge in [0, 0.05) is 5.56 Å². The van der Waals surface area contributed by atoms with Crippen LogP contribution in [0.1, 0.15) is 17.6 Å². The van der Waals surface area contributed by atoms with Crippen molar-refractivity contribution >= 4 is 5.97 Å². The molecule has 0 aliphatic carbocycles. The third kappa shape index (κ3) is 3.45. The second-order valence-corrected chi connectivity index (χ2v) is 3.48. The molecule has 0 aliphatic rings. The van der Waals surface area contributed by atoms with Crippen LogP contribution in [0.3, 0.4) is 0 Å². The Morgan fingerprint density at radius 1 is 1.47 bits per heavy atom. The first-order valence-electron chi connectivity index (χ1n) is 4.85. The van der Waals surface area contributed by atoms with Crippen molar-refractivity contribution < 1.29 is 22.7 Å². The van der Waals surface area contributed by atoms with Crippen molar-refractivity contribution in [2.75, 3.05) is 7.11 Å². The maximum atomic E-state index is 12.9. The molecule has 2 N–H and O–H groups in total. The van der Waals surface area contributed by atoms with Crippen LogP contribution >= 0.6 is 0 Å². The summed E-state index contributed by atoms with van der Waals surface area (Å²) >= 11 is 0. The number of methoxy groups -OCH3 is 1. The van der Waals surface area contributed by atoms with E-state index in [1.165, 1.54) is 0 Å². The summed E-state index contributed by atoms with van der Waals surface area (Å²) in [6, 6.07) is 1.79. The van der Waals surface area contributed by atoms with Gasteiger partial charge in [0.25, 0.3) is 6.43 Å². The normalized spacial score (nSPS) is 12.6. The molecule has 6 heteroatoms. The highest BCUT2D eigenvalue weighted by molar-refractivity contribution is 5.75. The van der Waals surface area contributed by atoms with E-state index in [4.69, 9.17) is 5.73 Å². The fourth-order valence-electron chi connectivity index (χ4n) is 1.44. The lowest BCUT2D eigenvalue weighted by Gasteiger charge is -2.12. The molecule has 17 heavy (non-hydrogen) atoms. The Kier molecular flexibility index (Phi) is 4.51. The summed E-state index contributed by atoms with van der Waals surface area (Å²) in [4.78, 5) is 11.1. The Morgan fingerprint density at radius 3 is 2.65 bits per heavy atom. The second-order valence-electron chi connectivity index (χ2n) is 3.48. The first kappa shape index (κ1) is 13.5. The van der Waals surface area contributed by atoms with Gasteiger partial charge in [0.1, 0.15) is 11.9 Å². The molecule has 0 unspecified atom stereocenters. The van der Waals surface area contributed by atoms with Gasteiger partial charge in [-0.05, 0) is 24.1 Å². The van der Waals surface area contributed by atoms with Crippen LogP contribution in [-0.2, 0) is 16.0 Å². The Hall–Kier alpha value is -1.56. The fraction of sp³-hybridized carbons (Fsp3) is 0.364. The second kappa shape index (κ2) is 5.67. The number of ether oxygens (including phenoxy) is 1. The standard InChI is InChI=1S/C11H12F3NO2/c1-17-11(16)9(15)5-6-4-7(12)2-3-8(6)10(13)14/h2-4,9-10H,5,15H2,1H3/t9-/m0/s1. The summed E-state index contributed by atoms with van der Waals surface area (Å²) in [6.45, 7) is 0. The molecule has 0 saturated carbocycles. The lowest BCUT2D eigenvalue weighted by atomic mass is 10.0. The number of alkyl halides is 2. The molecule has 0 aliphatic heterocycles. The van der Waals surface area contributed by atoms with Crippen molar-refractivity contribution in [3.8, 4) is 0 Å². The minimum Gasteiger partial charge on any atom is -0.468 e. The predicted octanol–water partition coefficient (Wildman–Crippen LogP) is 1.81. The number of carbonyl (C=O) groups excluding carboxylic acids is 1. The molecular formula is C11H12F3NO2. The van der Waals surface area contributed by atoms with E-state index in [-0.39, 0.29) is 17.5 Å². The topological polar surface area (TPSA) is 52.3 Å². The molecule has 1 atom stereocenters. The molecule has 1 aromatic carbocycles. The molecule has 0 amide bonds. The molecule has 1 aromatic rings. The zero-order valence-electron chi connectivity index (χ0n) is 9.12. The number of nitrogens with two attached hydrogens (primary N) is 1. The van der Waals surface area contributed by atoms with E-state index in [0.29, 0.717) is 0 Å². The van der Waals surface area contributed by atoms with Gasteiger partial charge in [0.2, 0.25) is 0 Å². The summed E-state index contributed by atoms with van der Waals surface area (Å²) in [7, 11) is 1.14. The summed E-state index contributed by atoms with van der Waals surface area (Å²) in [5.41, 5.74) is 5.12. The van der Waals surface area contributed by atoms with E-state index in [9.17, 15) is 18.0 Å². The zero-order valence-corrected chi connectivity index (χ0v) is 9.12. The molecule has 0 bridgehead atoms. The van der Waals surface area contributed by atoms with E-state index in [1.807, 2.05) is 0 Å². The molecule has 0 aromatic heterocycles. The summed E-state index contributed by atoms with van der Waals surface area (Å²) in [5.74, 6) is -1.38. The molecule has 0 saturated heterocycles. The zero-order chi connectivity index (χ0) is 13.0.